The lowest BCUT2D eigenvalue weighted by Crippen LogP contribution is -2.66. The van der Waals surface area contributed by atoms with Gasteiger partial charge in [-0.05, 0) is 148 Å². The highest BCUT2D eigenvalue weighted by Gasteiger charge is 2.78. The van der Waals surface area contributed by atoms with E-state index in [1.54, 1.807) is 0 Å². The molecule has 3 saturated carbocycles. The number of unbranched alkanes of at least 4 members (excludes halogenated alkanes) is 3. The summed E-state index contributed by atoms with van der Waals surface area (Å²) < 4.78 is 14.0. The molecule has 8 heteroatoms. The second-order valence-corrected chi connectivity index (χ2v) is 20.7. The molecule has 13 atom stereocenters. The maximum absolute atomic E-state index is 14.8. The maximum atomic E-state index is 14.8. The number of allylic oxidation sites excluding steroid dienone is 3. The summed E-state index contributed by atoms with van der Waals surface area (Å²) in [5, 5.41) is 40.4. The van der Waals surface area contributed by atoms with Crippen LogP contribution < -0.4 is 11.1 Å². The largest absolute Gasteiger partial charge is 0.393 e. The molecule has 8 nitrogen and oxygen atoms in total. The molecule has 0 bridgehead atoms. The average Bonchev–Trinajstić information content (AvgIpc) is 3.91. The Bertz CT molecular complexity index is 1580. The van der Waals surface area contributed by atoms with Gasteiger partial charge < -0.3 is 35.8 Å². The van der Waals surface area contributed by atoms with E-state index in [1.807, 2.05) is 13.0 Å². The van der Waals surface area contributed by atoms with E-state index in [2.05, 4.69) is 46.0 Å². The lowest BCUT2D eigenvalue weighted by molar-refractivity contribution is -0.198. The van der Waals surface area contributed by atoms with Gasteiger partial charge in [-0.25, -0.2) is 0 Å². The van der Waals surface area contributed by atoms with Crippen LogP contribution in [0.25, 0.3) is 0 Å². The van der Waals surface area contributed by atoms with Crippen molar-refractivity contribution >= 4 is 5.78 Å². The van der Waals surface area contributed by atoms with Gasteiger partial charge in [-0.2, -0.15) is 0 Å². The number of hydrogen-bond donors (Lipinski definition) is 5. The minimum absolute atomic E-state index is 0.0407. The molecule has 0 radical (unpaired) electrons. The molecule has 5 aliphatic carbocycles. The van der Waals surface area contributed by atoms with Crippen LogP contribution in [0, 0.1) is 45.8 Å². The number of ether oxygens (including phenoxy) is 2. The number of carbonyl (C=O) groups excluding carboxylic acids is 1. The first-order valence-electron chi connectivity index (χ1n) is 22.2. The average molecular weight is 749 g/mol. The topological polar surface area (TPSA) is 138 Å². The fourth-order valence-corrected chi connectivity index (χ4v) is 14.2. The van der Waals surface area contributed by atoms with E-state index in [1.165, 1.54) is 24.8 Å². The van der Waals surface area contributed by atoms with Gasteiger partial charge in [-0.3, -0.25) is 4.79 Å². The zero-order valence-electron chi connectivity index (χ0n) is 34.4. The van der Waals surface area contributed by atoms with Crippen LogP contribution in [-0.2, 0) is 14.3 Å². The van der Waals surface area contributed by atoms with Gasteiger partial charge >= 0.3 is 0 Å². The minimum atomic E-state index is -1.10. The first kappa shape index (κ1) is 39.1. The summed E-state index contributed by atoms with van der Waals surface area (Å²) in [5.41, 5.74) is 5.42. The number of epoxide rings is 1. The summed E-state index contributed by atoms with van der Waals surface area (Å²) >= 11 is 0. The third-order valence-electron chi connectivity index (χ3n) is 17.7. The van der Waals surface area contributed by atoms with Crippen molar-refractivity contribution in [1.29, 1.82) is 0 Å². The second-order valence-electron chi connectivity index (χ2n) is 20.7. The van der Waals surface area contributed by atoms with Crippen LogP contribution in [0.5, 0.6) is 0 Å². The summed E-state index contributed by atoms with van der Waals surface area (Å²) in [6.45, 7) is 14.6. The Labute approximate surface area is 325 Å². The number of ketones is 1. The van der Waals surface area contributed by atoms with Gasteiger partial charge in [0, 0.05) is 24.5 Å². The van der Waals surface area contributed by atoms with E-state index in [9.17, 15) is 20.1 Å². The molecule has 13 unspecified atom stereocenters. The Hall–Kier alpha value is -1.71. The SMILES string of the molecule is CCCCCCC12CCC(O)CC1C(=O)C1=C3C2CCC2(C)C(C4(C5OC5C(C)(O)C(C)(C)CCC5=CCNC(N)=C5)CC(C)CCO4)CC(CC1)C32O. The van der Waals surface area contributed by atoms with E-state index < -0.39 is 33.7 Å². The minimum Gasteiger partial charge on any atom is -0.393 e. The predicted molar refractivity (Wildman–Crippen MR) is 211 cm³/mol. The molecule has 3 aliphatic heterocycles. The number of fused-ring (bicyclic) bond motifs is 2. The molecule has 8 aliphatic rings. The fraction of sp³-hybridized carbons (Fsp3) is 0.848. The van der Waals surface area contributed by atoms with Crippen molar-refractivity contribution in [2.45, 2.75) is 186 Å². The van der Waals surface area contributed by atoms with Gasteiger partial charge in [0.15, 0.2) is 5.78 Å². The summed E-state index contributed by atoms with van der Waals surface area (Å²) in [4.78, 5) is 14.8. The van der Waals surface area contributed by atoms with Gasteiger partial charge in [0.05, 0.1) is 23.1 Å². The fourth-order valence-electron chi connectivity index (χ4n) is 14.2. The highest BCUT2D eigenvalue weighted by atomic mass is 16.6. The van der Waals surface area contributed by atoms with Crippen molar-refractivity contribution in [3.05, 3.63) is 34.7 Å². The number of nitrogens with one attached hydrogen (secondary N) is 1. The number of carbonyl (C=O) groups is 1. The molecule has 0 aromatic rings. The molecule has 0 aromatic heterocycles. The summed E-state index contributed by atoms with van der Waals surface area (Å²) in [6.07, 6.45) is 18.8. The lowest BCUT2D eigenvalue weighted by atomic mass is 9.41. The molecule has 2 saturated heterocycles. The number of dihydropyridines is 1. The molecular weight excluding hydrogens is 677 g/mol. The molecule has 0 aromatic carbocycles. The van der Waals surface area contributed by atoms with Gasteiger partial charge in [-0.1, -0.05) is 66.4 Å². The van der Waals surface area contributed by atoms with E-state index in [0.717, 1.165) is 101 Å². The van der Waals surface area contributed by atoms with Gasteiger partial charge in [0.2, 0.25) is 0 Å². The normalized spacial score (nSPS) is 45.5. The van der Waals surface area contributed by atoms with E-state index in [-0.39, 0.29) is 47.1 Å². The lowest BCUT2D eigenvalue weighted by Gasteiger charge is -2.64. The smallest absolute Gasteiger partial charge is 0.162 e. The third kappa shape index (κ3) is 5.71. The van der Waals surface area contributed by atoms with Crippen molar-refractivity contribution in [2.75, 3.05) is 13.2 Å². The number of nitrogens with two attached hydrogens (primary N) is 1. The summed E-state index contributed by atoms with van der Waals surface area (Å²) in [5.74, 6) is 1.54. The molecule has 0 amide bonds. The predicted octanol–water partition coefficient (Wildman–Crippen LogP) is 7.40. The Kier molecular flexibility index (Phi) is 9.93. The van der Waals surface area contributed by atoms with Crippen LogP contribution in [-0.4, -0.2) is 69.4 Å². The van der Waals surface area contributed by atoms with Crippen LogP contribution in [0.3, 0.4) is 0 Å². The molecular formula is C46H72N2O6. The van der Waals surface area contributed by atoms with Crippen molar-refractivity contribution < 1.29 is 29.6 Å². The molecule has 5 fully saturated rings. The van der Waals surface area contributed by atoms with E-state index in [4.69, 9.17) is 15.2 Å². The van der Waals surface area contributed by atoms with Crippen molar-refractivity contribution in [2.24, 2.45) is 51.6 Å². The van der Waals surface area contributed by atoms with Crippen LogP contribution in [0.4, 0.5) is 0 Å². The summed E-state index contributed by atoms with van der Waals surface area (Å²) in [6, 6.07) is 0. The molecule has 8 rings (SSSR count). The maximum Gasteiger partial charge on any atom is 0.162 e. The van der Waals surface area contributed by atoms with E-state index in [0.29, 0.717) is 24.8 Å². The zero-order chi connectivity index (χ0) is 38.5. The molecule has 3 heterocycles. The molecule has 6 N–H and O–H groups in total. The van der Waals surface area contributed by atoms with Crippen molar-refractivity contribution in [3.8, 4) is 0 Å². The second kappa shape index (κ2) is 13.7. The van der Waals surface area contributed by atoms with Crippen LogP contribution in [0.2, 0.25) is 0 Å². The quantitative estimate of drug-likeness (QED) is 0.103. The number of aliphatic hydroxyl groups excluding tert-OH is 1. The highest BCUT2D eigenvalue weighted by Crippen LogP contribution is 2.75. The standard InChI is InChI=1S/C46H72N2O6/c1-7-8-9-10-18-44-21-14-31(49)26-34(44)38(50)32-12-11-30-25-35(42(5)20-15-33(44)37(32)46(30,42)52)45(27-28(2)17-23-53-45)40-39(54-40)43(6,51)41(3,4)19-13-29-16-22-48-36(47)24-29/h16,24,28,30-31,33-35,39-40,48-49,51-52H,7-15,17-23,25-27,47H2,1-6H3. The number of hydrogen-bond acceptors (Lipinski definition) is 8. The monoisotopic (exact) mass is 749 g/mol. The Balaban J connectivity index is 1.13. The molecule has 302 valence electrons. The van der Waals surface area contributed by atoms with Crippen molar-refractivity contribution in [3.63, 3.8) is 0 Å². The van der Waals surface area contributed by atoms with Gasteiger partial charge in [0.25, 0.3) is 0 Å². The third-order valence-corrected chi connectivity index (χ3v) is 17.7. The molecule has 54 heavy (non-hydrogen) atoms. The van der Waals surface area contributed by atoms with Crippen LogP contribution >= 0.6 is 0 Å². The Morgan fingerprint density at radius 1 is 1.06 bits per heavy atom. The Morgan fingerprint density at radius 3 is 2.59 bits per heavy atom. The summed E-state index contributed by atoms with van der Waals surface area (Å²) in [7, 11) is 0. The van der Waals surface area contributed by atoms with E-state index >= 15 is 0 Å². The first-order chi connectivity index (χ1) is 25.6. The zero-order valence-corrected chi connectivity index (χ0v) is 34.4. The number of rotatable bonds is 12. The highest BCUT2D eigenvalue weighted by molar-refractivity contribution is 6.00. The van der Waals surface area contributed by atoms with Crippen molar-refractivity contribution in [1.82, 2.24) is 5.32 Å². The van der Waals surface area contributed by atoms with Crippen LogP contribution in [0.1, 0.15) is 151 Å². The first-order valence-corrected chi connectivity index (χ1v) is 22.2. The number of aliphatic hydroxyl groups is 3. The number of Topliss-reactive ketones (excluding diaryl/α,β-unsaturated/α-hetero) is 1. The Morgan fingerprint density at radius 2 is 1.85 bits per heavy atom. The van der Waals surface area contributed by atoms with Gasteiger partial charge in [-0.15, -0.1) is 0 Å². The molecule has 0 spiro atoms. The van der Waals surface area contributed by atoms with Gasteiger partial charge in [0.1, 0.15) is 17.8 Å². The van der Waals surface area contributed by atoms with Crippen LogP contribution in [0.15, 0.2) is 34.7 Å².